The zero-order valence-electron chi connectivity index (χ0n) is 15.2. The minimum Gasteiger partial charge on any atom is -0.383 e. The van der Waals surface area contributed by atoms with Crippen LogP contribution in [-0.2, 0) is 21.3 Å². The summed E-state index contributed by atoms with van der Waals surface area (Å²) < 4.78 is 46.6. The third kappa shape index (κ3) is 4.17. The summed E-state index contributed by atoms with van der Waals surface area (Å²) in [6.07, 6.45) is 1.58. The monoisotopic (exact) mass is 399 g/mol. The fourth-order valence-corrected chi connectivity index (χ4v) is 4.27. The van der Waals surface area contributed by atoms with Crippen molar-refractivity contribution in [1.82, 2.24) is 9.29 Å². The minimum atomic E-state index is -3.88. The Morgan fingerprint density at radius 1 is 1.21 bits per heavy atom. The molecule has 0 radical (unpaired) electrons. The Morgan fingerprint density at radius 2 is 1.96 bits per heavy atom. The molecule has 0 N–H and O–H groups in total. The molecule has 0 bridgehead atoms. The summed E-state index contributed by atoms with van der Waals surface area (Å²) in [5.74, 6) is -0.460. The lowest BCUT2D eigenvalue weighted by molar-refractivity contribution is 0.177. The number of methoxy groups -OCH3 is 1. The fourth-order valence-electron chi connectivity index (χ4n) is 2.87. The van der Waals surface area contributed by atoms with E-state index < -0.39 is 15.8 Å². The summed E-state index contributed by atoms with van der Waals surface area (Å²) in [7, 11) is -2.41. The van der Waals surface area contributed by atoms with Crippen LogP contribution < -0.4 is 0 Å². The maximum Gasteiger partial charge on any atom is 0.243 e. The Labute approximate surface area is 162 Å². The number of halogens is 1. The van der Waals surface area contributed by atoms with Crippen molar-refractivity contribution in [3.63, 3.8) is 0 Å². The van der Waals surface area contributed by atoms with Crippen LogP contribution in [0.4, 0.5) is 4.39 Å². The average molecular weight is 399 g/mol. The van der Waals surface area contributed by atoms with E-state index in [9.17, 15) is 12.8 Å². The molecule has 144 valence electrons. The van der Waals surface area contributed by atoms with Crippen LogP contribution in [0, 0.1) is 17.1 Å². The number of nitriles is 1. The van der Waals surface area contributed by atoms with E-state index in [2.05, 4.69) is 4.98 Å². The third-order valence-electron chi connectivity index (χ3n) is 4.26. The molecule has 28 heavy (non-hydrogen) atoms. The maximum atomic E-state index is 14.1. The number of pyridine rings is 1. The number of rotatable bonds is 7. The number of hydrogen-bond acceptors (Lipinski definition) is 5. The normalized spacial score (nSPS) is 11.6. The van der Waals surface area contributed by atoms with Crippen molar-refractivity contribution in [2.45, 2.75) is 11.4 Å². The maximum absolute atomic E-state index is 14.1. The molecule has 0 saturated heterocycles. The van der Waals surface area contributed by atoms with Crippen molar-refractivity contribution in [2.75, 3.05) is 20.3 Å². The highest BCUT2D eigenvalue weighted by Crippen LogP contribution is 2.24. The van der Waals surface area contributed by atoms with Gasteiger partial charge >= 0.3 is 0 Å². The Morgan fingerprint density at radius 3 is 2.64 bits per heavy atom. The van der Waals surface area contributed by atoms with Crippen LogP contribution in [0.5, 0.6) is 0 Å². The summed E-state index contributed by atoms with van der Waals surface area (Å²) in [4.78, 5) is 4.33. The molecule has 0 fully saturated rings. The van der Waals surface area contributed by atoms with Crippen LogP contribution >= 0.6 is 0 Å². The minimum absolute atomic E-state index is 0.0521. The van der Waals surface area contributed by atoms with Gasteiger partial charge in [-0.25, -0.2) is 12.8 Å². The smallest absolute Gasteiger partial charge is 0.243 e. The molecule has 0 saturated carbocycles. The van der Waals surface area contributed by atoms with Gasteiger partial charge in [0.05, 0.1) is 28.7 Å². The zero-order valence-corrected chi connectivity index (χ0v) is 16.0. The largest absolute Gasteiger partial charge is 0.383 e. The Balaban J connectivity index is 2.02. The Hall–Kier alpha value is -2.86. The molecule has 0 aliphatic carbocycles. The second-order valence-corrected chi connectivity index (χ2v) is 8.05. The van der Waals surface area contributed by atoms with Gasteiger partial charge in [0.25, 0.3) is 0 Å². The highest BCUT2D eigenvalue weighted by Gasteiger charge is 2.25. The first kappa shape index (κ1) is 19.9. The van der Waals surface area contributed by atoms with Gasteiger partial charge in [-0.3, -0.25) is 4.98 Å². The van der Waals surface area contributed by atoms with Gasteiger partial charge in [-0.1, -0.05) is 6.07 Å². The van der Waals surface area contributed by atoms with Crippen molar-refractivity contribution >= 4 is 20.9 Å². The van der Waals surface area contributed by atoms with Crippen LogP contribution in [0.2, 0.25) is 0 Å². The Bertz CT molecular complexity index is 1130. The van der Waals surface area contributed by atoms with Crippen LogP contribution in [0.1, 0.15) is 11.1 Å². The molecule has 1 heterocycles. The van der Waals surface area contributed by atoms with E-state index in [1.54, 1.807) is 18.3 Å². The number of fused-ring (bicyclic) bond motifs is 1. The zero-order chi connectivity index (χ0) is 20.1. The van der Waals surface area contributed by atoms with Gasteiger partial charge in [0.15, 0.2) is 0 Å². The fraction of sp³-hybridized carbons (Fsp3) is 0.200. The molecule has 6 nitrogen and oxygen atoms in total. The number of aromatic nitrogens is 1. The first-order chi connectivity index (χ1) is 13.5. The number of hydrogen-bond donors (Lipinski definition) is 0. The summed E-state index contributed by atoms with van der Waals surface area (Å²) in [6.45, 7) is 0.205. The van der Waals surface area contributed by atoms with Gasteiger partial charge in [0.2, 0.25) is 10.0 Å². The van der Waals surface area contributed by atoms with Crippen molar-refractivity contribution in [2.24, 2.45) is 0 Å². The number of ether oxygens (including phenoxy) is 1. The van der Waals surface area contributed by atoms with Gasteiger partial charge in [-0.15, -0.1) is 0 Å². The molecule has 8 heteroatoms. The number of benzene rings is 2. The molecule has 3 aromatic rings. The second-order valence-electron chi connectivity index (χ2n) is 6.11. The van der Waals surface area contributed by atoms with E-state index in [1.165, 1.54) is 47.8 Å². The average Bonchev–Trinajstić information content (AvgIpc) is 2.70. The quantitative estimate of drug-likeness (QED) is 0.610. The summed E-state index contributed by atoms with van der Waals surface area (Å²) >= 11 is 0. The van der Waals surface area contributed by atoms with Crippen LogP contribution in [0.25, 0.3) is 10.9 Å². The number of sulfonamides is 1. The molecule has 0 atom stereocenters. The summed E-state index contributed by atoms with van der Waals surface area (Å²) in [5.41, 5.74) is 1.37. The van der Waals surface area contributed by atoms with E-state index in [0.717, 1.165) is 0 Å². The molecule has 0 unspecified atom stereocenters. The third-order valence-corrected chi connectivity index (χ3v) is 6.12. The molecular weight excluding hydrogens is 381 g/mol. The predicted molar refractivity (Wildman–Crippen MR) is 102 cm³/mol. The standard InChI is InChI=1S/C20H18FN3O3S/c1-27-10-9-24(28(25,26)19-6-4-15(13-22)5-7-19)14-17-12-18(21)11-16-3-2-8-23-20(16)17/h2-8,11-12H,9-10,14H2,1H3. The van der Waals surface area contributed by atoms with Crippen molar-refractivity contribution in [1.29, 1.82) is 5.26 Å². The van der Waals surface area contributed by atoms with E-state index in [4.69, 9.17) is 10.00 Å². The number of nitrogens with zero attached hydrogens (tertiary/aromatic N) is 3. The van der Waals surface area contributed by atoms with Crippen molar-refractivity contribution in [3.8, 4) is 6.07 Å². The van der Waals surface area contributed by atoms with E-state index in [1.807, 2.05) is 6.07 Å². The van der Waals surface area contributed by atoms with Gasteiger partial charge < -0.3 is 4.74 Å². The Kier molecular flexibility index (Phi) is 5.99. The molecular formula is C20H18FN3O3S. The van der Waals surface area contributed by atoms with Crippen LogP contribution in [0.3, 0.4) is 0 Å². The van der Waals surface area contributed by atoms with E-state index in [0.29, 0.717) is 22.0 Å². The lowest BCUT2D eigenvalue weighted by Crippen LogP contribution is -2.33. The van der Waals surface area contributed by atoms with Crippen molar-refractivity contribution < 1.29 is 17.5 Å². The molecule has 0 spiro atoms. The molecule has 0 aliphatic heterocycles. The molecule has 3 rings (SSSR count). The lowest BCUT2D eigenvalue weighted by Gasteiger charge is -2.22. The lowest BCUT2D eigenvalue weighted by atomic mass is 10.1. The molecule has 0 aliphatic rings. The van der Waals surface area contributed by atoms with Gasteiger partial charge in [0.1, 0.15) is 5.82 Å². The topological polar surface area (TPSA) is 83.3 Å². The predicted octanol–water partition coefficient (Wildman–Crippen LogP) is 3.08. The SMILES string of the molecule is COCCN(Cc1cc(F)cc2cccnc12)S(=O)(=O)c1ccc(C#N)cc1. The first-order valence-corrected chi connectivity index (χ1v) is 9.92. The summed E-state index contributed by atoms with van der Waals surface area (Å²) in [6, 6.07) is 13.7. The second kappa shape index (κ2) is 8.44. The van der Waals surface area contributed by atoms with Gasteiger partial charge in [0, 0.05) is 31.8 Å². The van der Waals surface area contributed by atoms with Gasteiger partial charge in [-0.2, -0.15) is 9.57 Å². The van der Waals surface area contributed by atoms with Crippen LogP contribution in [-0.4, -0.2) is 38.0 Å². The molecule has 2 aromatic carbocycles. The van der Waals surface area contributed by atoms with Gasteiger partial charge in [-0.05, 0) is 48.0 Å². The summed E-state index contributed by atoms with van der Waals surface area (Å²) in [5, 5.41) is 9.51. The highest BCUT2D eigenvalue weighted by molar-refractivity contribution is 7.89. The highest BCUT2D eigenvalue weighted by atomic mass is 32.2. The first-order valence-electron chi connectivity index (χ1n) is 8.48. The van der Waals surface area contributed by atoms with Crippen LogP contribution in [0.15, 0.2) is 59.6 Å². The van der Waals surface area contributed by atoms with E-state index >= 15 is 0 Å². The molecule has 1 aromatic heterocycles. The van der Waals surface area contributed by atoms with E-state index in [-0.39, 0.29) is 24.6 Å². The van der Waals surface area contributed by atoms with Crippen molar-refractivity contribution in [3.05, 3.63) is 71.7 Å². The molecule has 0 amide bonds.